The Hall–Kier alpha value is -2.05. The molecule has 0 saturated carbocycles. The van der Waals surface area contributed by atoms with Crippen LogP contribution in [0.3, 0.4) is 0 Å². The van der Waals surface area contributed by atoms with Crippen LogP contribution in [0.5, 0.6) is 0 Å². The first-order valence-corrected chi connectivity index (χ1v) is 7.48. The fourth-order valence-corrected chi connectivity index (χ4v) is 2.95. The maximum atomic E-state index is 12.3. The maximum absolute atomic E-state index is 12.3. The van der Waals surface area contributed by atoms with E-state index in [9.17, 15) is 9.59 Å². The zero-order valence-electron chi connectivity index (χ0n) is 11.4. The minimum Gasteiger partial charge on any atom is -0.408 e. The molecule has 0 atom stereocenters. The van der Waals surface area contributed by atoms with Gasteiger partial charge in [-0.15, -0.1) is 0 Å². The van der Waals surface area contributed by atoms with Crippen LogP contribution < -0.4 is 11.1 Å². The molecular weight excluding hydrogens is 372 g/mol. The standard InChI is InChI=1S/C15H10BrClN2O3/c1-19-12-7-11(2-3-13(12)22-15(19)21)18-14(20)8-4-9(16)6-10(17)5-8/h2-7H,1H3,(H,18,20). The topological polar surface area (TPSA) is 64.2 Å². The van der Waals surface area contributed by atoms with Gasteiger partial charge in [-0.2, -0.15) is 0 Å². The fraction of sp³-hybridized carbons (Fsp3) is 0.0667. The van der Waals surface area contributed by atoms with Gasteiger partial charge in [-0.05, 0) is 36.4 Å². The van der Waals surface area contributed by atoms with Gasteiger partial charge in [-0.25, -0.2) is 4.79 Å². The first-order valence-electron chi connectivity index (χ1n) is 6.31. The summed E-state index contributed by atoms with van der Waals surface area (Å²) in [4.78, 5) is 23.7. The van der Waals surface area contributed by atoms with Gasteiger partial charge < -0.3 is 9.73 Å². The van der Waals surface area contributed by atoms with Crippen LogP contribution >= 0.6 is 27.5 Å². The first kappa shape index (κ1) is 14.9. The Morgan fingerprint density at radius 3 is 2.77 bits per heavy atom. The fourth-order valence-electron chi connectivity index (χ4n) is 2.09. The number of nitrogens with one attached hydrogen (secondary N) is 1. The molecule has 0 saturated heterocycles. The number of rotatable bonds is 2. The van der Waals surface area contributed by atoms with Crippen LogP contribution in [0.4, 0.5) is 5.69 Å². The third-order valence-electron chi connectivity index (χ3n) is 3.17. The molecule has 0 radical (unpaired) electrons. The summed E-state index contributed by atoms with van der Waals surface area (Å²) in [6.07, 6.45) is 0. The van der Waals surface area contributed by atoms with Crippen molar-refractivity contribution < 1.29 is 9.21 Å². The number of aromatic nitrogens is 1. The zero-order valence-corrected chi connectivity index (χ0v) is 13.7. The molecule has 22 heavy (non-hydrogen) atoms. The molecule has 1 N–H and O–H groups in total. The largest absolute Gasteiger partial charge is 0.419 e. The Morgan fingerprint density at radius 1 is 1.27 bits per heavy atom. The minimum atomic E-state index is -0.447. The molecule has 112 valence electrons. The number of amides is 1. The highest BCUT2D eigenvalue weighted by Gasteiger charge is 2.11. The zero-order chi connectivity index (χ0) is 15.9. The molecule has 3 rings (SSSR count). The lowest BCUT2D eigenvalue weighted by Gasteiger charge is -2.06. The lowest BCUT2D eigenvalue weighted by atomic mass is 10.2. The molecule has 7 heteroatoms. The molecule has 0 aliphatic heterocycles. The van der Waals surface area contributed by atoms with E-state index in [4.69, 9.17) is 16.0 Å². The van der Waals surface area contributed by atoms with Gasteiger partial charge in [0.2, 0.25) is 0 Å². The number of nitrogens with zero attached hydrogens (tertiary/aromatic N) is 1. The number of halogens is 2. The van der Waals surface area contributed by atoms with Crippen LogP contribution in [0.15, 0.2) is 50.1 Å². The van der Waals surface area contributed by atoms with Crippen molar-refractivity contribution in [3.05, 3.63) is 62.0 Å². The van der Waals surface area contributed by atoms with E-state index in [1.807, 2.05) is 0 Å². The summed E-state index contributed by atoms with van der Waals surface area (Å²) in [6.45, 7) is 0. The van der Waals surface area contributed by atoms with Gasteiger partial charge in [0.05, 0.1) is 5.52 Å². The quantitative estimate of drug-likeness (QED) is 0.734. The molecule has 3 aromatic rings. The average molecular weight is 382 g/mol. The molecule has 0 spiro atoms. The summed E-state index contributed by atoms with van der Waals surface area (Å²) in [6, 6.07) is 9.94. The number of hydrogen-bond donors (Lipinski definition) is 1. The number of hydrogen-bond acceptors (Lipinski definition) is 3. The second-order valence-electron chi connectivity index (χ2n) is 4.72. The van der Waals surface area contributed by atoms with Gasteiger partial charge in [0.1, 0.15) is 0 Å². The SMILES string of the molecule is Cn1c(=O)oc2ccc(NC(=O)c3cc(Cl)cc(Br)c3)cc21. The van der Waals surface area contributed by atoms with E-state index < -0.39 is 5.76 Å². The normalized spacial score (nSPS) is 10.9. The number of fused-ring (bicyclic) bond motifs is 1. The number of carbonyl (C=O) groups is 1. The van der Waals surface area contributed by atoms with Crippen LogP contribution in [0, 0.1) is 0 Å². The summed E-state index contributed by atoms with van der Waals surface area (Å²) in [5, 5.41) is 3.23. The molecule has 1 amide bonds. The summed E-state index contributed by atoms with van der Waals surface area (Å²) < 4.78 is 7.14. The lowest BCUT2D eigenvalue weighted by Crippen LogP contribution is -2.12. The molecule has 0 fully saturated rings. The Labute approximate surface area is 138 Å². The molecule has 0 unspecified atom stereocenters. The van der Waals surface area contributed by atoms with E-state index in [1.54, 1.807) is 43.4 Å². The van der Waals surface area contributed by atoms with Crippen molar-refractivity contribution in [1.29, 1.82) is 0 Å². The van der Waals surface area contributed by atoms with E-state index >= 15 is 0 Å². The maximum Gasteiger partial charge on any atom is 0.419 e. The third-order valence-corrected chi connectivity index (χ3v) is 3.85. The van der Waals surface area contributed by atoms with Gasteiger partial charge in [-0.1, -0.05) is 27.5 Å². The third kappa shape index (κ3) is 2.80. The Morgan fingerprint density at radius 2 is 2.05 bits per heavy atom. The smallest absolute Gasteiger partial charge is 0.408 e. The van der Waals surface area contributed by atoms with Crippen molar-refractivity contribution in [2.24, 2.45) is 7.05 Å². The molecule has 5 nitrogen and oxygen atoms in total. The first-order chi connectivity index (χ1) is 10.4. The van der Waals surface area contributed by atoms with E-state index in [0.717, 1.165) is 4.47 Å². The number of anilines is 1. The van der Waals surface area contributed by atoms with Crippen molar-refractivity contribution in [2.75, 3.05) is 5.32 Å². The summed E-state index contributed by atoms with van der Waals surface area (Å²) in [5.41, 5.74) is 2.07. The van der Waals surface area contributed by atoms with E-state index in [2.05, 4.69) is 21.2 Å². The Bertz CT molecular complexity index is 925. The Kier molecular flexibility index (Phi) is 3.80. The highest BCUT2D eigenvalue weighted by molar-refractivity contribution is 9.10. The van der Waals surface area contributed by atoms with Crippen molar-refractivity contribution >= 4 is 50.2 Å². The van der Waals surface area contributed by atoms with Crippen LogP contribution in [-0.4, -0.2) is 10.5 Å². The highest BCUT2D eigenvalue weighted by atomic mass is 79.9. The van der Waals surface area contributed by atoms with Crippen LogP contribution in [0.1, 0.15) is 10.4 Å². The summed E-state index contributed by atoms with van der Waals surface area (Å²) in [7, 11) is 1.61. The molecule has 2 aromatic carbocycles. The minimum absolute atomic E-state index is 0.295. The summed E-state index contributed by atoms with van der Waals surface area (Å²) in [5.74, 6) is -0.742. The lowest BCUT2D eigenvalue weighted by molar-refractivity contribution is 0.102. The number of oxazole rings is 1. The summed E-state index contributed by atoms with van der Waals surface area (Å²) >= 11 is 9.24. The van der Waals surface area contributed by atoms with E-state index in [1.165, 1.54) is 4.57 Å². The van der Waals surface area contributed by atoms with Gasteiger partial charge in [-0.3, -0.25) is 9.36 Å². The van der Waals surface area contributed by atoms with Gasteiger partial charge in [0.15, 0.2) is 5.58 Å². The monoisotopic (exact) mass is 380 g/mol. The van der Waals surface area contributed by atoms with Crippen molar-refractivity contribution in [2.45, 2.75) is 0 Å². The molecule has 1 heterocycles. The van der Waals surface area contributed by atoms with Crippen LogP contribution in [0.2, 0.25) is 5.02 Å². The number of benzene rings is 2. The van der Waals surface area contributed by atoms with Gasteiger partial charge in [0, 0.05) is 27.8 Å². The molecule has 0 bridgehead atoms. The highest BCUT2D eigenvalue weighted by Crippen LogP contribution is 2.22. The van der Waals surface area contributed by atoms with Gasteiger partial charge in [0.25, 0.3) is 5.91 Å². The van der Waals surface area contributed by atoms with E-state index in [0.29, 0.717) is 27.4 Å². The second-order valence-corrected chi connectivity index (χ2v) is 6.07. The van der Waals surface area contributed by atoms with Crippen molar-refractivity contribution in [3.8, 4) is 0 Å². The van der Waals surface area contributed by atoms with Gasteiger partial charge >= 0.3 is 5.76 Å². The molecular formula is C15H10BrClN2O3. The molecule has 0 aliphatic rings. The number of aryl methyl sites for hydroxylation is 1. The number of carbonyl (C=O) groups excluding carboxylic acids is 1. The molecule has 0 aliphatic carbocycles. The average Bonchev–Trinajstić information content (AvgIpc) is 2.73. The predicted octanol–water partition coefficient (Wildman–Crippen LogP) is 3.80. The van der Waals surface area contributed by atoms with E-state index in [-0.39, 0.29) is 5.91 Å². The second kappa shape index (κ2) is 5.62. The van der Waals surface area contributed by atoms with Crippen LogP contribution in [-0.2, 0) is 7.05 Å². The van der Waals surface area contributed by atoms with Crippen molar-refractivity contribution in [3.63, 3.8) is 0 Å². The van der Waals surface area contributed by atoms with Crippen molar-refractivity contribution in [1.82, 2.24) is 4.57 Å². The molecule has 1 aromatic heterocycles. The predicted molar refractivity (Wildman–Crippen MR) is 88.6 cm³/mol. The van der Waals surface area contributed by atoms with Crippen LogP contribution in [0.25, 0.3) is 11.1 Å². The Balaban J connectivity index is 1.93.